The van der Waals surface area contributed by atoms with E-state index in [0.717, 1.165) is 18.4 Å². The van der Waals surface area contributed by atoms with Gasteiger partial charge in [0, 0.05) is 6.04 Å². The van der Waals surface area contributed by atoms with Crippen molar-refractivity contribution >= 4 is 5.69 Å². The van der Waals surface area contributed by atoms with Crippen LogP contribution in [0.15, 0.2) is 39.9 Å². The first-order valence-electron chi connectivity index (χ1n) is 6.42. The zero-order chi connectivity index (χ0) is 12.5. The summed E-state index contributed by atoms with van der Waals surface area (Å²) in [7, 11) is 0. The Morgan fingerprint density at radius 3 is 2.28 bits per heavy atom. The van der Waals surface area contributed by atoms with E-state index < -0.39 is 0 Å². The van der Waals surface area contributed by atoms with Crippen molar-refractivity contribution in [3.63, 3.8) is 0 Å². The molecule has 1 aliphatic carbocycles. The summed E-state index contributed by atoms with van der Waals surface area (Å²) in [5.41, 5.74) is 1.20. The van der Waals surface area contributed by atoms with Crippen LogP contribution in [0.5, 0.6) is 0 Å². The molecule has 0 heterocycles. The fourth-order valence-electron chi connectivity index (χ4n) is 2.68. The Kier molecular flexibility index (Phi) is 2.74. The number of hydrogen-bond acceptors (Lipinski definition) is 3. The van der Waals surface area contributed by atoms with Gasteiger partial charge in [0.2, 0.25) is 10.9 Å². The van der Waals surface area contributed by atoms with Gasteiger partial charge in [-0.05, 0) is 18.4 Å². The van der Waals surface area contributed by atoms with E-state index in [1.54, 1.807) is 0 Å². The Balaban J connectivity index is 1.94. The molecule has 3 nitrogen and oxygen atoms in total. The third-order valence-electron chi connectivity index (χ3n) is 3.68. The van der Waals surface area contributed by atoms with E-state index in [2.05, 4.69) is 5.32 Å². The first-order chi connectivity index (χ1) is 8.77. The van der Waals surface area contributed by atoms with Crippen molar-refractivity contribution in [3.05, 3.63) is 50.8 Å². The fourth-order valence-corrected chi connectivity index (χ4v) is 2.68. The van der Waals surface area contributed by atoms with Crippen molar-refractivity contribution in [3.8, 4) is 11.1 Å². The van der Waals surface area contributed by atoms with E-state index >= 15 is 0 Å². The second-order valence-electron chi connectivity index (χ2n) is 4.90. The van der Waals surface area contributed by atoms with Gasteiger partial charge in [-0.1, -0.05) is 43.2 Å². The lowest BCUT2D eigenvalue weighted by atomic mass is 9.98. The molecule has 0 aromatic heterocycles. The topological polar surface area (TPSA) is 46.2 Å². The molecule has 1 saturated carbocycles. The van der Waals surface area contributed by atoms with Gasteiger partial charge in [0.05, 0.1) is 11.3 Å². The largest absolute Gasteiger partial charge is 0.378 e. The average molecular weight is 241 g/mol. The molecule has 2 aromatic rings. The number of rotatable bonds is 3. The van der Waals surface area contributed by atoms with Crippen molar-refractivity contribution in [1.82, 2.24) is 0 Å². The SMILES string of the molecule is O=c1c(NC2CCCC2)c(-c2ccccc2)c1=O. The fraction of sp³-hybridized carbons (Fsp3) is 0.333. The van der Waals surface area contributed by atoms with Crippen LogP contribution in [-0.2, 0) is 0 Å². The second kappa shape index (κ2) is 4.41. The lowest BCUT2D eigenvalue weighted by Gasteiger charge is -2.17. The van der Waals surface area contributed by atoms with Crippen LogP contribution in [0.4, 0.5) is 5.69 Å². The molecule has 1 fully saturated rings. The van der Waals surface area contributed by atoms with Crippen molar-refractivity contribution in [1.29, 1.82) is 0 Å². The summed E-state index contributed by atoms with van der Waals surface area (Å²) >= 11 is 0. The molecule has 0 unspecified atom stereocenters. The van der Waals surface area contributed by atoms with E-state index in [9.17, 15) is 9.59 Å². The van der Waals surface area contributed by atoms with E-state index in [1.165, 1.54) is 12.8 Å². The highest BCUT2D eigenvalue weighted by molar-refractivity contribution is 5.81. The molecule has 18 heavy (non-hydrogen) atoms. The predicted molar refractivity (Wildman–Crippen MR) is 72.7 cm³/mol. The number of benzene rings is 1. The van der Waals surface area contributed by atoms with Gasteiger partial charge in [0.15, 0.2) is 0 Å². The van der Waals surface area contributed by atoms with Crippen LogP contribution in [-0.4, -0.2) is 6.04 Å². The Morgan fingerprint density at radius 1 is 0.944 bits per heavy atom. The third kappa shape index (κ3) is 1.76. The molecule has 0 bridgehead atoms. The standard InChI is InChI=1S/C15H15NO2/c17-14-12(10-6-2-1-3-7-10)13(15(14)18)16-11-8-4-5-9-11/h1-3,6-7,11,16H,4-5,8-9H2. The van der Waals surface area contributed by atoms with Crippen LogP contribution >= 0.6 is 0 Å². The number of anilines is 1. The summed E-state index contributed by atoms with van der Waals surface area (Å²) in [4.78, 5) is 23.4. The summed E-state index contributed by atoms with van der Waals surface area (Å²) in [5.74, 6) is 0. The minimum atomic E-state index is -0.360. The van der Waals surface area contributed by atoms with Gasteiger partial charge in [0.25, 0.3) is 0 Å². The molecule has 1 aliphatic rings. The Hall–Kier alpha value is -1.90. The van der Waals surface area contributed by atoms with E-state index in [-0.39, 0.29) is 10.9 Å². The third-order valence-corrected chi connectivity index (χ3v) is 3.68. The van der Waals surface area contributed by atoms with Gasteiger partial charge in [0.1, 0.15) is 0 Å². The van der Waals surface area contributed by atoms with Gasteiger partial charge in [-0.3, -0.25) is 9.59 Å². The first-order valence-corrected chi connectivity index (χ1v) is 6.42. The molecule has 0 aliphatic heterocycles. The molecule has 1 N–H and O–H groups in total. The molecule has 0 spiro atoms. The number of hydrogen-bond donors (Lipinski definition) is 1. The van der Waals surface area contributed by atoms with Crippen LogP contribution < -0.4 is 16.2 Å². The average Bonchev–Trinajstić information content (AvgIpc) is 2.92. The zero-order valence-electron chi connectivity index (χ0n) is 10.1. The monoisotopic (exact) mass is 241 g/mol. The molecule has 0 amide bonds. The highest BCUT2D eigenvalue weighted by atomic mass is 16.2. The summed E-state index contributed by atoms with van der Waals surface area (Å²) in [6, 6.07) is 9.76. The Bertz CT molecular complexity index is 617. The van der Waals surface area contributed by atoms with Crippen molar-refractivity contribution in [2.75, 3.05) is 5.32 Å². The maximum atomic E-state index is 11.7. The molecule has 3 rings (SSSR count). The predicted octanol–water partition coefficient (Wildman–Crippen LogP) is 2.30. The maximum absolute atomic E-state index is 11.7. The van der Waals surface area contributed by atoms with Crippen molar-refractivity contribution < 1.29 is 0 Å². The Morgan fingerprint density at radius 2 is 1.61 bits per heavy atom. The minimum Gasteiger partial charge on any atom is -0.378 e. The van der Waals surface area contributed by atoms with Crippen LogP contribution in [0, 0.1) is 0 Å². The van der Waals surface area contributed by atoms with Crippen LogP contribution in [0.25, 0.3) is 11.1 Å². The molecule has 2 aromatic carbocycles. The molecular weight excluding hydrogens is 226 g/mol. The molecule has 92 valence electrons. The maximum Gasteiger partial charge on any atom is 0.250 e. The van der Waals surface area contributed by atoms with Crippen molar-refractivity contribution in [2.45, 2.75) is 31.7 Å². The number of nitrogens with one attached hydrogen (secondary N) is 1. The summed E-state index contributed by atoms with van der Waals surface area (Å²) < 4.78 is 0. The van der Waals surface area contributed by atoms with Crippen LogP contribution in [0.3, 0.4) is 0 Å². The van der Waals surface area contributed by atoms with Gasteiger partial charge < -0.3 is 5.32 Å². The lowest BCUT2D eigenvalue weighted by molar-refractivity contribution is 0.753. The minimum absolute atomic E-state index is 0.357. The molecule has 3 heteroatoms. The summed E-state index contributed by atoms with van der Waals surface area (Å²) in [6.45, 7) is 0. The zero-order valence-corrected chi connectivity index (χ0v) is 10.1. The van der Waals surface area contributed by atoms with Gasteiger partial charge >= 0.3 is 0 Å². The highest BCUT2D eigenvalue weighted by Crippen LogP contribution is 2.27. The molecule has 0 radical (unpaired) electrons. The molecule has 0 saturated heterocycles. The van der Waals surface area contributed by atoms with E-state index in [4.69, 9.17) is 0 Å². The highest BCUT2D eigenvalue weighted by Gasteiger charge is 2.25. The Labute approximate surface area is 105 Å². The lowest BCUT2D eigenvalue weighted by Crippen LogP contribution is -2.38. The summed E-state index contributed by atoms with van der Waals surface area (Å²) in [6.07, 6.45) is 4.58. The van der Waals surface area contributed by atoms with Gasteiger partial charge in [-0.25, -0.2) is 0 Å². The van der Waals surface area contributed by atoms with Gasteiger partial charge in [-0.15, -0.1) is 0 Å². The smallest absolute Gasteiger partial charge is 0.250 e. The van der Waals surface area contributed by atoms with E-state index in [0.29, 0.717) is 17.3 Å². The normalized spacial score (nSPS) is 16.2. The first kappa shape index (κ1) is 11.2. The quantitative estimate of drug-likeness (QED) is 0.839. The summed E-state index contributed by atoms with van der Waals surface area (Å²) in [5, 5.41) is 3.25. The van der Waals surface area contributed by atoms with Crippen molar-refractivity contribution in [2.24, 2.45) is 0 Å². The molecular formula is C15H15NO2. The second-order valence-corrected chi connectivity index (χ2v) is 4.90. The van der Waals surface area contributed by atoms with Gasteiger partial charge in [-0.2, -0.15) is 0 Å². The van der Waals surface area contributed by atoms with E-state index in [1.807, 2.05) is 30.3 Å². The molecule has 0 atom stereocenters. The van der Waals surface area contributed by atoms with Crippen LogP contribution in [0.1, 0.15) is 25.7 Å². The van der Waals surface area contributed by atoms with Crippen LogP contribution in [0.2, 0.25) is 0 Å².